The second kappa shape index (κ2) is 15.6. The molecule has 14 nitrogen and oxygen atoms in total. The Labute approximate surface area is 263 Å². The standard InChI is InChI=1S/C31H46N6O8/c1-8-21-25(38)15(3)24(35-37-33)30(42-21)44-26-17(5)28(43-29(39)20-13-11-10-12-14-20)31(41-19(26)7)45-27-16(4)23(34-36-32)18(6)40-22(27)9-2/h10-19,21-28,30-31,38H,8-9H2,1-7H3/t15-,16-,17+,18-,19?,21?,22?,23?,24?,25+,26+,27+,28?,30-,31-/m1/s1. The normalized spacial score (nSPS) is 41.7. The molecule has 15 atom stereocenters. The molecule has 0 aromatic heterocycles. The maximum absolute atomic E-state index is 13.4. The van der Waals surface area contributed by atoms with Gasteiger partial charge in [-0.2, -0.15) is 0 Å². The Kier molecular flexibility index (Phi) is 12.1. The molecule has 1 aromatic rings. The minimum atomic E-state index is -1.00. The third-order valence-electron chi connectivity index (χ3n) is 9.47. The van der Waals surface area contributed by atoms with Gasteiger partial charge in [0, 0.05) is 15.7 Å². The van der Waals surface area contributed by atoms with E-state index in [0.29, 0.717) is 18.4 Å². The summed E-state index contributed by atoms with van der Waals surface area (Å²) in [5.74, 6) is -1.67. The number of benzene rings is 1. The second-order valence-corrected chi connectivity index (χ2v) is 12.3. The zero-order valence-electron chi connectivity index (χ0n) is 26.9. The highest BCUT2D eigenvalue weighted by Gasteiger charge is 2.52. The molecular formula is C31H46N6O8. The maximum Gasteiger partial charge on any atom is 0.338 e. The van der Waals surface area contributed by atoms with Crippen molar-refractivity contribution in [3.8, 4) is 0 Å². The zero-order chi connectivity index (χ0) is 32.8. The molecule has 1 aromatic carbocycles. The summed E-state index contributed by atoms with van der Waals surface area (Å²) in [4.78, 5) is 19.4. The molecule has 3 heterocycles. The lowest BCUT2D eigenvalue weighted by Crippen LogP contribution is -2.61. The molecule has 3 aliphatic heterocycles. The molecule has 248 valence electrons. The van der Waals surface area contributed by atoms with Crippen molar-refractivity contribution in [3.05, 3.63) is 56.8 Å². The Hall–Kier alpha value is -2.93. The van der Waals surface area contributed by atoms with E-state index in [2.05, 4.69) is 20.1 Å². The Bertz CT molecular complexity index is 1230. The van der Waals surface area contributed by atoms with Crippen molar-refractivity contribution in [3.63, 3.8) is 0 Å². The molecular weight excluding hydrogens is 584 g/mol. The Morgan fingerprint density at radius 2 is 1.40 bits per heavy atom. The smallest absolute Gasteiger partial charge is 0.338 e. The molecule has 0 saturated carbocycles. The van der Waals surface area contributed by atoms with Crippen LogP contribution in [0.2, 0.25) is 0 Å². The third kappa shape index (κ3) is 7.56. The van der Waals surface area contributed by atoms with Crippen LogP contribution < -0.4 is 0 Å². The van der Waals surface area contributed by atoms with Crippen LogP contribution in [0.5, 0.6) is 0 Å². The van der Waals surface area contributed by atoms with Gasteiger partial charge in [0.1, 0.15) is 0 Å². The zero-order valence-corrected chi connectivity index (χ0v) is 26.9. The number of carbonyl (C=O) groups is 1. The van der Waals surface area contributed by atoms with Crippen molar-refractivity contribution >= 4 is 5.97 Å². The molecule has 6 unspecified atom stereocenters. The molecule has 1 N–H and O–H groups in total. The summed E-state index contributed by atoms with van der Waals surface area (Å²) >= 11 is 0. The highest BCUT2D eigenvalue weighted by molar-refractivity contribution is 5.89. The fourth-order valence-corrected chi connectivity index (χ4v) is 6.80. The number of hydrogen-bond donors (Lipinski definition) is 1. The van der Waals surface area contributed by atoms with Crippen molar-refractivity contribution < 1.29 is 38.3 Å². The summed E-state index contributed by atoms with van der Waals surface area (Å²) in [6, 6.07) is 7.37. The van der Waals surface area contributed by atoms with Crippen LogP contribution in [0, 0.1) is 17.8 Å². The van der Waals surface area contributed by atoms with Crippen molar-refractivity contribution in [2.75, 3.05) is 0 Å². The average Bonchev–Trinajstić information content (AvgIpc) is 3.03. The van der Waals surface area contributed by atoms with E-state index >= 15 is 0 Å². The highest BCUT2D eigenvalue weighted by atomic mass is 16.7. The van der Waals surface area contributed by atoms with Crippen molar-refractivity contribution in [1.29, 1.82) is 0 Å². The molecule has 3 saturated heterocycles. The number of hydrogen-bond acceptors (Lipinski definition) is 10. The summed E-state index contributed by atoms with van der Waals surface area (Å²) in [6.07, 6.45) is -5.44. The van der Waals surface area contributed by atoms with Gasteiger partial charge < -0.3 is 33.5 Å². The molecule has 0 bridgehead atoms. The summed E-state index contributed by atoms with van der Waals surface area (Å²) in [6.45, 7) is 13.2. The van der Waals surface area contributed by atoms with Crippen LogP contribution in [0.4, 0.5) is 0 Å². The van der Waals surface area contributed by atoms with Gasteiger partial charge in [-0.15, -0.1) is 0 Å². The van der Waals surface area contributed by atoms with Gasteiger partial charge in [-0.05, 0) is 61.7 Å². The van der Waals surface area contributed by atoms with E-state index in [1.54, 1.807) is 31.2 Å². The summed E-state index contributed by atoms with van der Waals surface area (Å²) < 4.78 is 38.0. The monoisotopic (exact) mass is 630 g/mol. The van der Waals surface area contributed by atoms with Gasteiger partial charge in [-0.1, -0.05) is 63.0 Å². The van der Waals surface area contributed by atoms with Gasteiger partial charge >= 0.3 is 5.97 Å². The predicted molar refractivity (Wildman–Crippen MR) is 163 cm³/mol. The van der Waals surface area contributed by atoms with Crippen LogP contribution in [-0.2, 0) is 28.4 Å². The van der Waals surface area contributed by atoms with Crippen molar-refractivity contribution in [2.24, 2.45) is 28.0 Å². The molecule has 3 fully saturated rings. The number of aliphatic hydroxyl groups excluding tert-OH is 1. The number of aliphatic hydroxyl groups is 1. The van der Waals surface area contributed by atoms with Gasteiger partial charge in [0.25, 0.3) is 0 Å². The first-order chi connectivity index (χ1) is 21.6. The number of rotatable bonds is 10. The number of esters is 1. The van der Waals surface area contributed by atoms with E-state index in [-0.39, 0.29) is 18.1 Å². The second-order valence-electron chi connectivity index (χ2n) is 12.3. The topological polar surface area (TPSA) is 190 Å². The lowest BCUT2D eigenvalue weighted by molar-refractivity contribution is -0.341. The van der Waals surface area contributed by atoms with Crippen molar-refractivity contribution in [2.45, 2.75) is 135 Å². The maximum atomic E-state index is 13.4. The number of azide groups is 2. The van der Waals surface area contributed by atoms with Crippen LogP contribution in [0.25, 0.3) is 20.9 Å². The molecule has 0 radical (unpaired) electrons. The van der Waals surface area contributed by atoms with Gasteiger partial charge in [-0.25, -0.2) is 4.79 Å². The molecule has 14 heteroatoms. The largest absolute Gasteiger partial charge is 0.453 e. The van der Waals surface area contributed by atoms with Crippen LogP contribution in [0.15, 0.2) is 40.6 Å². The first kappa shape index (κ1) is 34.9. The Morgan fingerprint density at radius 3 is 2.02 bits per heavy atom. The molecule has 45 heavy (non-hydrogen) atoms. The lowest BCUT2D eigenvalue weighted by atomic mass is 9.85. The molecule has 4 rings (SSSR count). The fourth-order valence-electron chi connectivity index (χ4n) is 6.80. The number of nitrogens with zero attached hydrogens (tertiary/aromatic N) is 6. The third-order valence-corrected chi connectivity index (χ3v) is 9.47. The van der Waals surface area contributed by atoms with Gasteiger partial charge in [0.2, 0.25) is 0 Å². The summed E-state index contributed by atoms with van der Waals surface area (Å²) in [7, 11) is 0. The Morgan fingerprint density at radius 1 is 0.778 bits per heavy atom. The first-order valence-corrected chi connectivity index (χ1v) is 15.9. The minimum absolute atomic E-state index is 0.220. The van der Waals surface area contributed by atoms with E-state index in [9.17, 15) is 21.0 Å². The number of carbonyl (C=O) groups excluding carboxylic acids is 1. The summed E-state index contributed by atoms with van der Waals surface area (Å²) in [5.41, 5.74) is 18.8. The van der Waals surface area contributed by atoms with Gasteiger partial charge in [0.15, 0.2) is 18.7 Å². The highest BCUT2D eigenvalue weighted by Crippen LogP contribution is 2.39. The SMILES string of the molecule is CCC1O[C@H](O[C@@H]2C(C)O[C@H](O[C@@H]3C(CC)O[C@H](C)C(N=[N+]=[N-])[C@H]3C)C(OC(=O)c3ccccc3)[C@H]2C)C(N=[N+]=[N-])[C@@H](C)[C@@H]1O. The predicted octanol–water partition coefficient (Wildman–Crippen LogP) is 5.69. The Balaban J connectivity index is 1.64. The van der Waals surface area contributed by atoms with E-state index in [1.807, 2.05) is 47.6 Å². The molecule has 3 aliphatic rings. The van der Waals surface area contributed by atoms with Crippen LogP contribution in [0.1, 0.15) is 71.7 Å². The van der Waals surface area contributed by atoms with Crippen LogP contribution in [0.3, 0.4) is 0 Å². The fraction of sp³-hybridized carbons (Fsp3) is 0.774. The van der Waals surface area contributed by atoms with Crippen LogP contribution in [-0.4, -0.2) is 84.6 Å². The van der Waals surface area contributed by atoms with E-state index in [0.717, 1.165) is 0 Å². The van der Waals surface area contributed by atoms with Crippen molar-refractivity contribution in [1.82, 2.24) is 0 Å². The molecule has 0 spiro atoms. The van der Waals surface area contributed by atoms with E-state index < -0.39 is 79.1 Å². The molecule has 0 aliphatic carbocycles. The summed E-state index contributed by atoms with van der Waals surface area (Å²) in [5, 5.41) is 18.6. The minimum Gasteiger partial charge on any atom is -0.453 e. The number of ether oxygens (including phenoxy) is 6. The van der Waals surface area contributed by atoms with E-state index in [1.165, 1.54) is 0 Å². The first-order valence-electron chi connectivity index (χ1n) is 15.9. The van der Waals surface area contributed by atoms with Gasteiger partial charge in [0.05, 0.1) is 60.4 Å². The average molecular weight is 631 g/mol. The van der Waals surface area contributed by atoms with Crippen LogP contribution >= 0.6 is 0 Å². The van der Waals surface area contributed by atoms with Gasteiger partial charge in [-0.3, -0.25) is 0 Å². The quantitative estimate of drug-likeness (QED) is 0.148. The van der Waals surface area contributed by atoms with E-state index in [4.69, 9.17) is 28.4 Å². The lowest BCUT2D eigenvalue weighted by Gasteiger charge is -2.50. The molecule has 0 amide bonds.